The number of benzene rings is 1. The lowest BCUT2D eigenvalue weighted by atomic mass is 9.91. The molecule has 20 heavy (non-hydrogen) atoms. The first kappa shape index (κ1) is 12.9. The van der Waals surface area contributed by atoms with Gasteiger partial charge in [0.1, 0.15) is 6.04 Å². The van der Waals surface area contributed by atoms with Gasteiger partial charge in [-0.15, -0.1) is 0 Å². The number of carboxylic acids is 1. The summed E-state index contributed by atoms with van der Waals surface area (Å²) in [6.45, 7) is 4.09. The Hall–Kier alpha value is -2.14. The Morgan fingerprint density at radius 2 is 2.20 bits per heavy atom. The van der Waals surface area contributed by atoms with E-state index in [9.17, 15) is 9.90 Å². The van der Waals surface area contributed by atoms with Crippen molar-refractivity contribution in [2.24, 2.45) is 0 Å². The molecule has 2 unspecified atom stereocenters. The van der Waals surface area contributed by atoms with Crippen LogP contribution in [0.5, 0.6) is 0 Å². The molecule has 0 radical (unpaired) electrons. The van der Waals surface area contributed by atoms with Crippen LogP contribution in [0.1, 0.15) is 34.1 Å². The van der Waals surface area contributed by atoms with E-state index in [1.807, 2.05) is 26.0 Å². The summed E-state index contributed by atoms with van der Waals surface area (Å²) >= 11 is 0. The number of aliphatic carboxylic acids is 1. The van der Waals surface area contributed by atoms with E-state index in [2.05, 4.69) is 21.4 Å². The maximum absolute atomic E-state index is 11.3. The van der Waals surface area contributed by atoms with E-state index in [0.29, 0.717) is 6.42 Å². The first-order chi connectivity index (χ1) is 9.56. The number of carboxylic acid groups (broad SMARTS) is 1. The minimum absolute atomic E-state index is 0.174. The predicted octanol–water partition coefficient (Wildman–Crippen LogP) is 1.71. The van der Waals surface area contributed by atoms with Gasteiger partial charge >= 0.3 is 5.97 Å². The second-order valence-electron chi connectivity index (χ2n) is 5.32. The van der Waals surface area contributed by atoms with Crippen LogP contribution in [0.4, 0.5) is 0 Å². The van der Waals surface area contributed by atoms with Gasteiger partial charge in [0.25, 0.3) is 0 Å². The summed E-state index contributed by atoms with van der Waals surface area (Å²) < 4.78 is 0. The largest absolute Gasteiger partial charge is 0.480 e. The molecule has 2 aromatic rings. The fourth-order valence-corrected chi connectivity index (χ4v) is 2.83. The molecular formula is C15H17N3O2. The van der Waals surface area contributed by atoms with Crippen LogP contribution in [0, 0.1) is 13.8 Å². The van der Waals surface area contributed by atoms with Gasteiger partial charge in [-0.25, -0.2) is 4.98 Å². The van der Waals surface area contributed by atoms with E-state index < -0.39 is 12.0 Å². The summed E-state index contributed by atoms with van der Waals surface area (Å²) in [7, 11) is 0. The molecule has 1 aromatic heterocycles. The van der Waals surface area contributed by atoms with Crippen molar-refractivity contribution in [3.63, 3.8) is 0 Å². The highest BCUT2D eigenvalue weighted by Crippen LogP contribution is 2.30. The van der Waals surface area contributed by atoms with Crippen molar-refractivity contribution in [3.8, 4) is 0 Å². The zero-order valence-corrected chi connectivity index (χ0v) is 11.5. The van der Waals surface area contributed by atoms with E-state index >= 15 is 0 Å². The third kappa shape index (κ3) is 2.10. The fraction of sp³-hybridized carbons (Fsp3) is 0.333. The number of H-pyrrole nitrogens is 1. The summed E-state index contributed by atoms with van der Waals surface area (Å²) in [6, 6.07) is 5.43. The Balaban J connectivity index is 2.06. The molecule has 104 valence electrons. The molecular weight excluding hydrogens is 254 g/mol. The highest BCUT2D eigenvalue weighted by Gasteiger charge is 2.33. The van der Waals surface area contributed by atoms with Crippen LogP contribution in [-0.2, 0) is 11.2 Å². The normalized spacial score (nSPS) is 21.5. The molecule has 0 spiro atoms. The number of nitrogens with one attached hydrogen (secondary N) is 2. The van der Waals surface area contributed by atoms with Crippen LogP contribution < -0.4 is 5.32 Å². The van der Waals surface area contributed by atoms with Crippen molar-refractivity contribution in [1.82, 2.24) is 15.3 Å². The Bertz CT molecular complexity index is 663. The molecule has 0 bridgehead atoms. The zero-order valence-electron chi connectivity index (χ0n) is 11.5. The van der Waals surface area contributed by atoms with E-state index in [1.54, 1.807) is 6.33 Å². The van der Waals surface area contributed by atoms with Gasteiger partial charge in [-0.3, -0.25) is 10.1 Å². The van der Waals surface area contributed by atoms with Gasteiger partial charge < -0.3 is 10.1 Å². The lowest BCUT2D eigenvalue weighted by molar-refractivity contribution is -0.139. The van der Waals surface area contributed by atoms with E-state index in [1.165, 1.54) is 5.56 Å². The lowest BCUT2D eigenvalue weighted by Crippen LogP contribution is -2.45. The van der Waals surface area contributed by atoms with Crippen molar-refractivity contribution in [3.05, 3.63) is 52.6 Å². The molecule has 0 fully saturated rings. The highest BCUT2D eigenvalue weighted by molar-refractivity contribution is 5.74. The third-order valence-corrected chi connectivity index (χ3v) is 3.84. The molecule has 3 N–H and O–H groups in total. The summed E-state index contributed by atoms with van der Waals surface area (Å²) in [5.74, 6) is -0.833. The number of hydrogen-bond acceptors (Lipinski definition) is 3. The first-order valence-corrected chi connectivity index (χ1v) is 6.64. The van der Waals surface area contributed by atoms with Crippen LogP contribution in [0.3, 0.4) is 0 Å². The number of aryl methyl sites for hydroxylation is 2. The van der Waals surface area contributed by atoms with Crippen molar-refractivity contribution >= 4 is 5.97 Å². The third-order valence-electron chi connectivity index (χ3n) is 3.84. The Morgan fingerprint density at radius 1 is 1.40 bits per heavy atom. The molecule has 5 heteroatoms. The molecule has 5 nitrogen and oxygen atoms in total. The van der Waals surface area contributed by atoms with Crippen molar-refractivity contribution in [2.75, 3.05) is 0 Å². The Kier molecular flexibility index (Phi) is 3.06. The number of rotatable bonds is 2. The van der Waals surface area contributed by atoms with Gasteiger partial charge in [0.15, 0.2) is 0 Å². The van der Waals surface area contributed by atoms with Crippen molar-refractivity contribution < 1.29 is 9.90 Å². The second-order valence-corrected chi connectivity index (χ2v) is 5.32. The molecule has 1 aliphatic rings. The summed E-state index contributed by atoms with van der Waals surface area (Å²) in [6.07, 6.45) is 2.07. The molecule has 2 atom stereocenters. The van der Waals surface area contributed by atoms with E-state index in [0.717, 1.165) is 22.5 Å². The van der Waals surface area contributed by atoms with Gasteiger partial charge in [-0.1, -0.05) is 23.8 Å². The molecule has 1 aliphatic heterocycles. The average Bonchev–Trinajstić information content (AvgIpc) is 2.86. The van der Waals surface area contributed by atoms with Gasteiger partial charge in [0.05, 0.1) is 18.1 Å². The number of hydrogen-bond donors (Lipinski definition) is 3. The summed E-state index contributed by atoms with van der Waals surface area (Å²) in [5, 5.41) is 12.5. The minimum atomic E-state index is -0.833. The fourth-order valence-electron chi connectivity index (χ4n) is 2.83. The number of aromatic amines is 1. The molecule has 0 aliphatic carbocycles. The standard InChI is InChI=1S/C15H17N3O2/c1-8-3-4-10(9(2)5-8)13-14-11(16-7-17-14)6-12(18-13)15(19)20/h3-5,7,12-13,18H,6H2,1-2H3,(H,16,17)(H,19,20). The van der Waals surface area contributed by atoms with Crippen molar-refractivity contribution in [1.29, 1.82) is 0 Å². The molecule has 1 aromatic carbocycles. The maximum Gasteiger partial charge on any atom is 0.321 e. The number of imidazole rings is 1. The van der Waals surface area contributed by atoms with Crippen LogP contribution in [-0.4, -0.2) is 27.1 Å². The molecule has 3 rings (SSSR count). The summed E-state index contributed by atoms with van der Waals surface area (Å²) in [4.78, 5) is 18.7. The molecule has 0 amide bonds. The van der Waals surface area contributed by atoms with E-state index in [-0.39, 0.29) is 6.04 Å². The summed E-state index contributed by atoms with van der Waals surface area (Å²) in [5.41, 5.74) is 5.21. The SMILES string of the molecule is Cc1ccc(C2NC(C(=O)O)Cc3[nH]cnc32)c(C)c1. The van der Waals surface area contributed by atoms with Crippen LogP contribution >= 0.6 is 0 Å². The minimum Gasteiger partial charge on any atom is -0.480 e. The van der Waals surface area contributed by atoms with Crippen LogP contribution in [0.25, 0.3) is 0 Å². The first-order valence-electron chi connectivity index (χ1n) is 6.64. The predicted molar refractivity (Wildman–Crippen MR) is 74.6 cm³/mol. The van der Waals surface area contributed by atoms with Gasteiger partial charge in [0.2, 0.25) is 0 Å². The second kappa shape index (κ2) is 4.76. The lowest BCUT2D eigenvalue weighted by Gasteiger charge is -2.29. The van der Waals surface area contributed by atoms with Gasteiger partial charge in [-0.05, 0) is 25.0 Å². The van der Waals surface area contributed by atoms with E-state index in [4.69, 9.17) is 0 Å². The quantitative estimate of drug-likeness (QED) is 0.777. The number of nitrogens with zero attached hydrogens (tertiary/aromatic N) is 1. The number of carbonyl (C=O) groups is 1. The molecule has 0 saturated heterocycles. The zero-order chi connectivity index (χ0) is 14.3. The van der Waals surface area contributed by atoms with Gasteiger partial charge in [0, 0.05) is 12.1 Å². The topological polar surface area (TPSA) is 78.0 Å². The number of fused-ring (bicyclic) bond motifs is 1. The number of aromatic nitrogens is 2. The average molecular weight is 271 g/mol. The Labute approximate surface area is 117 Å². The maximum atomic E-state index is 11.3. The molecule has 2 heterocycles. The van der Waals surface area contributed by atoms with Crippen molar-refractivity contribution in [2.45, 2.75) is 32.4 Å². The van der Waals surface area contributed by atoms with Gasteiger partial charge in [-0.2, -0.15) is 0 Å². The molecule has 0 saturated carbocycles. The Morgan fingerprint density at radius 3 is 2.90 bits per heavy atom. The highest BCUT2D eigenvalue weighted by atomic mass is 16.4. The van der Waals surface area contributed by atoms with Crippen LogP contribution in [0.2, 0.25) is 0 Å². The monoisotopic (exact) mass is 271 g/mol. The smallest absolute Gasteiger partial charge is 0.321 e. The van der Waals surface area contributed by atoms with Crippen LogP contribution in [0.15, 0.2) is 24.5 Å².